The zero-order valence-electron chi connectivity index (χ0n) is 11.0. The van der Waals surface area contributed by atoms with Gasteiger partial charge in [0.1, 0.15) is 5.82 Å². The molecule has 98 valence electrons. The summed E-state index contributed by atoms with van der Waals surface area (Å²) in [4.78, 5) is 30.6. The number of nitrogens with zero attached hydrogens (tertiary/aromatic N) is 3. The standard InChI is InChI=1S/C12H18N4O2/c1-4-7-16-10-9(11(17)14-12(16)18)15(6-3)8(5-2)13-10/h4-7H2,1-3H3,(H,14,17,18). The minimum atomic E-state index is -0.377. The SMILES string of the molecule is CCCn1c(=O)[nH]c(=O)c2c1nc(CC)n2CC. The lowest BCUT2D eigenvalue weighted by atomic mass is 10.4. The van der Waals surface area contributed by atoms with Gasteiger partial charge in [0.05, 0.1) is 0 Å². The van der Waals surface area contributed by atoms with Crippen LogP contribution in [0.3, 0.4) is 0 Å². The fourth-order valence-electron chi connectivity index (χ4n) is 2.26. The molecule has 1 N–H and O–H groups in total. The summed E-state index contributed by atoms with van der Waals surface area (Å²) in [6.45, 7) is 7.18. The van der Waals surface area contributed by atoms with Crippen LogP contribution in [0.4, 0.5) is 0 Å². The van der Waals surface area contributed by atoms with Gasteiger partial charge in [-0.3, -0.25) is 14.3 Å². The third kappa shape index (κ3) is 1.77. The van der Waals surface area contributed by atoms with E-state index in [0.717, 1.165) is 18.7 Å². The van der Waals surface area contributed by atoms with Gasteiger partial charge in [-0.2, -0.15) is 0 Å². The Morgan fingerprint density at radius 3 is 2.44 bits per heavy atom. The van der Waals surface area contributed by atoms with E-state index >= 15 is 0 Å². The van der Waals surface area contributed by atoms with Gasteiger partial charge in [0.2, 0.25) is 0 Å². The van der Waals surface area contributed by atoms with Gasteiger partial charge in [-0.1, -0.05) is 13.8 Å². The van der Waals surface area contributed by atoms with E-state index in [1.54, 1.807) is 4.57 Å². The topological polar surface area (TPSA) is 72.7 Å². The highest BCUT2D eigenvalue weighted by Gasteiger charge is 2.16. The summed E-state index contributed by atoms with van der Waals surface area (Å²) in [5, 5.41) is 0. The number of aryl methyl sites for hydroxylation is 3. The summed E-state index contributed by atoms with van der Waals surface area (Å²) < 4.78 is 3.42. The van der Waals surface area contributed by atoms with Gasteiger partial charge in [-0.25, -0.2) is 9.78 Å². The van der Waals surface area contributed by atoms with E-state index in [2.05, 4.69) is 9.97 Å². The highest BCUT2D eigenvalue weighted by molar-refractivity contribution is 5.70. The minimum Gasteiger partial charge on any atom is -0.322 e. The maximum absolute atomic E-state index is 11.9. The molecule has 0 radical (unpaired) electrons. The van der Waals surface area contributed by atoms with Gasteiger partial charge in [0.25, 0.3) is 5.56 Å². The Hall–Kier alpha value is -1.85. The molecule has 0 aliphatic heterocycles. The number of hydrogen-bond donors (Lipinski definition) is 1. The number of aromatic amines is 1. The molecule has 2 aromatic rings. The van der Waals surface area contributed by atoms with Gasteiger partial charge < -0.3 is 4.57 Å². The van der Waals surface area contributed by atoms with Crippen molar-refractivity contribution in [3.63, 3.8) is 0 Å². The van der Waals surface area contributed by atoms with E-state index in [9.17, 15) is 9.59 Å². The maximum Gasteiger partial charge on any atom is 0.330 e. The fourth-order valence-corrected chi connectivity index (χ4v) is 2.26. The molecule has 0 atom stereocenters. The molecule has 2 heterocycles. The monoisotopic (exact) mass is 250 g/mol. The first kappa shape index (κ1) is 12.6. The van der Waals surface area contributed by atoms with Crippen LogP contribution in [0.15, 0.2) is 9.59 Å². The predicted octanol–water partition coefficient (Wildman–Crippen LogP) is 0.879. The first-order valence-corrected chi connectivity index (χ1v) is 6.36. The normalized spacial score (nSPS) is 11.3. The van der Waals surface area contributed by atoms with Gasteiger partial charge in [-0.15, -0.1) is 0 Å². The van der Waals surface area contributed by atoms with Gasteiger partial charge in [-0.05, 0) is 13.3 Å². The molecule has 0 unspecified atom stereocenters. The Kier molecular flexibility index (Phi) is 3.36. The Labute approximate surface area is 104 Å². The smallest absolute Gasteiger partial charge is 0.322 e. The van der Waals surface area contributed by atoms with Crippen LogP contribution in [0, 0.1) is 0 Å². The molecule has 0 spiro atoms. The summed E-state index contributed by atoms with van der Waals surface area (Å²) in [6, 6.07) is 0. The van der Waals surface area contributed by atoms with Crippen molar-refractivity contribution < 1.29 is 0 Å². The Morgan fingerprint density at radius 1 is 1.17 bits per heavy atom. The van der Waals surface area contributed by atoms with Crippen molar-refractivity contribution in [3.05, 3.63) is 26.7 Å². The van der Waals surface area contributed by atoms with Crippen LogP contribution in [0.2, 0.25) is 0 Å². The van der Waals surface area contributed by atoms with E-state index < -0.39 is 0 Å². The first-order chi connectivity index (χ1) is 8.63. The van der Waals surface area contributed by atoms with Crippen LogP contribution in [-0.4, -0.2) is 19.1 Å². The van der Waals surface area contributed by atoms with Crippen LogP contribution in [0.5, 0.6) is 0 Å². The highest BCUT2D eigenvalue weighted by atomic mass is 16.2. The largest absolute Gasteiger partial charge is 0.330 e. The van der Waals surface area contributed by atoms with Crippen molar-refractivity contribution >= 4 is 11.2 Å². The lowest BCUT2D eigenvalue weighted by Crippen LogP contribution is -2.31. The summed E-state index contributed by atoms with van der Waals surface area (Å²) in [7, 11) is 0. The number of aromatic nitrogens is 4. The molecule has 0 aliphatic carbocycles. The average Bonchev–Trinajstić information content (AvgIpc) is 2.73. The molecule has 0 saturated heterocycles. The lowest BCUT2D eigenvalue weighted by molar-refractivity contribution is 0.651. The third-order valence-electron chi connectivity index (χ3n) is 3.04. The second kappa shape index (κ2) is 4.80. The number of fused-ring (bicyclic) bond motifs is 1. The van der Waals surface area contributed by atoms with Crippen molar-refractivity contribution in [1.82, 2.24) is 19.1 Å². The molecule has 6 nitrogen and oxygen atoms in total. The quantitative estimate of drug-likeness (QED) is 0.875. The average molecular weight is 250 g/mol. The molecule has 18 heavy (non-hydrogen) atoms. The summed E-state index contributed by atoms with van der Waals surface area (Å²) in [6.07, 6.45) is 1.56. The van der Waals surface area contributed by atoms with Crippen LogP contribution >= 0.6 is 0 Å². The number of H-pyrrole nitrogens is 1. The molecule has 2 aromatic heterocycles. The number of nitrogens with one attached hydrogen (secondary N) is 1. The summed E-state index contributed by atoms with van der Waals surface area (Å²) in [5.41, 5.74) is 0.279. The second-order valence-corrected chi connectivity index (χ2v) is 4.21. The van der Waals surface area contributed by atoms with Crippen molar-refractivity contribution in [2.75, 3.05) is 0 Å². The number of hydrogen-bond acceptors (Lipinski definition) is 3. The molecular formula is C12H18N4O2. The first-order valence-electron chi connectivity index (χ1n) is 6.36. The van der Waals surface area contributed by atoms with E-state index in [-0.39, 0.29) is 11.2 Å². The summed E-state index contributed by atoms with van der Waals surface area (Å²) in [5.74, 6) is 0.841. The van der Waals surface area contributed by atoms with E-state index in [1.807, 2.05) is 25.3 Å². The molecule has 0 aromatic carbocycles. The number of rotatable bonds is 4. The Balaban J connectivity index is 2.91. The zero-order valence-corrected chi connectivity index (χ0v) is 11.0. The Morgan fingerprint density at radius 2 is 1.89 bits per heavy atom. The van der Waals surface area contributed by atoms with Crippen molar-refractivity contribution in [1.29, 1.82) is 0 Å². The molecule has 6 heteroatoms. The van der Waals surface area contributed by atoms with Crippen LogP contribution in [0.1, 0.15) is 33.0 Å². The maximum atomic E-state index is 11.9. The van der Waals surface area contributed by atoms with E-state index in [4.69, 9.17) is 0 Å². The van der Waals surface area contributed by atoms with E-state index in [0.29, 0.717) is 24.3 Å². The molecule has 0 aliphatic rings. The molecule has 0 saturated carbocycles. The highest BCUT2D eigenvalue weighted by Crippen LogP contribution is 2.11. The fraction of sp³-hybridized carbons (Fsp3) is 0.583. The Bertz CT molecular complexity index is 678. The van der Waals surface area contributed by atoms with Gasteiger partial charge in [0, 0.05) is 19.5 Å². The van der Waals surface area contributed by atoms with Gasteiger partial charge >= 0.3 is 5.69 Å². The second-order valence-electron chi connectivity index (χ2n) is 4.21. The molecule has 2 rings (SSSR count). The molecule has 0 bridgehead atoms. The third-order valence-corrected chi connectivity index (χ3v) is 3.04. The van der Waals surface area contributed by atoms with E-state index in [1.165, 1.54) is 0 Å². The van der Waals surface area contributed by atoms with Crippen molar-refractivity contribution in [2.24, 2.45) is 0 Å². The molecule has 0 amide bonds. The van der Waals surface area contributed by atoms with Gasteiger partial charge in [0.15, 0.2) is 11.2 Å². The number of imidazole rings is 1. The summed E-state index contributed by atoms with van der Waals surface area (Å²) >= 11 is 0. The van der Waals surface area contributed by atoms with Crippen LogP contribution in [-0.2, 0) is 19.5 Å². The molecule has 0 fully saturated rings. The minimum absolute atomic E-state index is 0.351. The van der Waals surface area contributed by atoms with Crippen molar-refractivity contribution in [3.8, 4) is 0 Å². The van der Waals surface area contributed by atoms with Crippen molar-refractivity contribution in [2.45, 2.75) is 46.7 Å². The predicted molar refractivity (Wildman–Crippen MR) is 70.0 cm³/mol. The van der Waals surface area contributed by atoms with Crippen LogP contribution < -0.4 is 11.2 Å². The lowest BCUT2D eigenvalue weighted by Gasteiger charge is -2.05. The zero-order chi connectivity index (χ0) is 13.3. The molecular weight excluding hydrogens is 232 g/mol. The van der Waals surface area contributed by atoms with Crippen LogP contribution in [0.25, 0.3) is 11.2 Å².